The van der Waals surface area contributed by atoms with Gasteiger partial charge in [-0.25, -0.2) is 4.90 Å². The lowest BCUT2D eigenvalue weighted by Crippen LogP contribution is -2.45. The average molecular weight is 704 g/mol. The first-order chi connectivity index (χ1) is 25.8. The summed E-state index contributed by atoms with van der Waals surface area (Å²) in [6.45, 7) is 1.37. The number of hydrogen-bond acceptors (Lipinski definition) is 9. The molecule has 3 heterocycles. The molecule has 0 radical (unpaired) electrons. The lowest BCUT2D eigenvalue weighted by atomic mass is 9.59. The molecule has 2 amide bonds. The van der Waals surface area contributed by atoms with Crippen molar-refractivity contribution >= 4 is 40.4 Å². The molecule has 3 aliphatic heterocycles. The molecule has 4 atom stereocenters. The summed E-state index contributed by atoms with van der Waals surface area (Å²) in [4.78, 5) is 59.9. The zero-order valence-electron chi connectivity index (χ0n) is 28.2. The number of esters is 1. The van der Waals surface area contributed by atoms with Gasteiger partial charge >= 0.3 is 5.97 Å². The number of ether oxygens (including phenoxy) is 5. The Morgan fingerprint density at radius 3 is 1.58 bits per heavy atom. The second kappa shape index (κ2) is 11.2. The van der Waals surface area contributed by atoms with Gasteiger partial charge in [-0.05, 0) is 69.8 Å². The zero-order chi connectivity index (χ0) is 36.1. The third-order valence-electron chi connectivity index (χ3n) is 11.1. The van der Waals surface area contributed by atoms with Gasteiger partial charge in [0.15, 0.2) is 28.8 Å². The van der Waals surface area contributed by atoms with Crippen molar-refractivity contribution in [3.63, 3.8) is 0 Å². The maximum Gasteiger partial charge on any atom is 0.308 e. The van der Waals surface area contributed by atoms with Gasteiger partial charge in [0.2, 0.25) is 25.4 Å². The molecular weight excluding hydrogens is 674 g/mol. The van der Waals surface area contributed by atoms with Crippen LogP contribution in [0.4, 0.5) is 5.69 Å². The number of benzene rings is 5. The molecule has 1 saturated heterocycles. The normalized spacial score (nSPS) is 24.6. The van der Waals surface area contributed by atoms with Crippen molar-refractivity contribution in [3.05, 3.63) is 144 Å². The molecule has 0 spiro atoms. The van der Waals surface area contributed by atoms with E-state index in [2.05, 4.69) is 0 Å². The van der Waals surface area contributed by atoms with Crippen molar-refractivity contribution in [2.24, 2.45) is 11.8 Å². The van der Waals surface area contributed by atoms with E-state index in [4.69, 9.17) is 23.7 Å². The SMILES string of the molecule is CC(=O)Oc1cccc(N2C(=O)[C@H]3[C@H](C2=O)[C@@]2(c4ccccc4)C(=O)[C@@]3(c3ccccc3)C(c3ccc4c(c3)OCO4)=C2c2ccc3c(c2)OCO3)c1. The number of fused-ring (bicyclic) bond motifs is 7. The van der Waals surface area contributed by atoms with E-state index in [-0.39, 0.29) is 30.8 Å². The highest BCUT2D eigenvalue weighted by Gasteiger charge is 2.82. The number of carbonyl (C=O) groups is 4. The van der Waals surface area contributed by atoms with E-state index in [0.29, 0.717) is 56.4 Å². The van der Waals surface area contributed by atoms with E-state index in [1.807, 2.05) is 84.9 Å². The van der Waals surface area contributed by atoms with E-state index in [1.54, 1.807) is 30.3 Å². The van der Waals surface area contributed by atoms with Gasteiger partial charge in [0.25, 0.3) is 0 Å². The summed E-state index contributed by atoms with van der Waals surface area (Å²) in [5.41, 5.74) is 0.584. The van der Waals surface area contributed by atoms with Gasteiger partial charge in [0, 0.05) is 13.0 Å². The maximum absolute atomic E-state index is 16.2. The maximum atomic E-state index is 16.2. The third kappa shape index (κ3) is 4.03. The predicted molar refractivity (Wildman–Crippen MR) is 190 cm³/mol. The monoisotopic (exact) mass is 703 g/mol. The molecule has 5 aliphatic rings. The van der Waals surface area contributed by atoms with Crippen LogP contribution in [-0.4, -0.2) is 37.2 Å². The molecule has 2 aliphatic carbocycles. The van der Waals surface area contributed by atoms with E-state index >= 15 is 14.4 Å². The number of allylic oxidation sites excluding steroid dienone is 2. The molecule has 2 fully saturated rings. The van der Waals surface area contributed by atoms with Crippen molar-refractivity contribution in [2.75, 3.05) is 18.5 Å². The minimum Gasteiger partial charge on any atom is -0.454 e. The topological polar surface area (TPSA) is 118 Å². The van der Waals surface area contributed by atoms with E-state index < -0.39 is 40.4 Å². The Kier molecular flexibility index (Phi) is 6.54. The lowest BCUT2D eigenvalue weighted by molar-refractivity contribution is -0.132. The Hall–Kier alpha value is -6.68. The fraction of sp³-hybridized carbons (Fsp3) is 0.163. The number of Topliss-reactive ketones (excluding diaryl/α,β-unsaturated/α-hetero) is 1. The lowest BCUT2D eigenvalue weighted by Gasteiger charge is -2.39. The molecule has 5 aromatic rings. The van der Waals surface area contributed by atoms with Crippen molar-refractivity contribution in [2.45, 2.75) is 17.8 Å². The average Bonchev–Trinajstić information content (AvgIpc) is 3.98. The van der Waals surface area contributed by atoms with Crippen LogP contribution in [0.15, 0.2) is 121 Å². The minimum absolute atomic E-state index is 0.0443. The van der Waals surface area contributed by atoms with Crippen LogP contribution in [0.1, 0.15) is 29.2 Å². The van der Waals surface area contributed by atoms with Crippen LogP contribution < -0.4 is 28.6 Å². The highest BCUT2D eigenvalue weighted by atomic mass is 16.7. The first-order valence-corrected chi connectivity index (χ1v) is 17.2. The number of anilines is 1. The molecule has 260 valence electrons. The molecule has 0 N–H and O–H groups in total. The van der Waals surface area contributed by atoms with Crippen LogP contribution in [0.5, 0.6) is 28.7 Å². The van der Waals surface area contributed by atoms with Crippen LogP contribution in [0.2, 0.25) is 0 Å². The van der Waals surface area contributed by atoms with E-state index in [9.17, 15) is 4.79 Å². The number of rotatable bonds is 6. The standard InChI is InChI=1S/C43H29NO9/c1-24(45)53-30-14-8-13-29(21-30)44-39(46)37-38(40(44)47)43(28-11-6-3-7-12-28)36(26-16-18-32-34(20-26)52-23-50-32)35(25-15-17-31-33(19-25)51-22-49-31)42(37,41(43)48)27-9-4-2-5-10-27/h2-21,37-38H,22-23H2,1H3/t37-,38-,42+,43+/m1/s1. The van der Waals surface area contributed by atoms with Gasteiger partial charge in [0.05, 0.1) is 28.4 Å². The summed E-state index contributed by atoms with van der Waals surface area (Å²) in [6, 6.07) is 35.9. The van der Waals surface area contributed by atoms with Gasteiger partial charge in [0.1, 0.15) is 5.75 Å². The van der Waals surface area contributed by atoms with E-state index in [0.717, 1.165) is 4.90 Å². The first kappa shape index (κ1) is 31.1. The summed E-state index contributed by atoms with van der Waals surface area (Å²) >= 11 is 0. The van der Waals surface area contributed by atoms with Crippen molar-refractivity contribution in [1.29, 1.82) is 0 Å². The molecule has 2 bridgehead atoms. The zero-order valence-corrected chi connectivity index (χ0v) is 28.2. The first-order valence-electron chi connectivity index (χ1n) is 17.2. The number of nitrogens with zero attached hydrogens (tertiary/aromatic N) is 1. The van der Waals surface area contributed by atoms with Gasteiger partial charge in [-0.3, -0.25) is 19.2 Å². The van der Waals surface area contributed by atoms with Crippen molar-refractivity contribution in [1.82, 2.24) is 0 Å². The van der Waals surface area contributed by atoms with Gasteiger partial charge in [-0.2, -0.15) is 0 Å². The molecule has 1 saturated carbocycles. The second-order valence-electron chi connectivity index (χ2n) is 13.6. The van der Waals surface area contributed by atoms with Crippen molar-refractivity contribution in [3.8, 4) is 28.7 Å². The summed E-state index contributed by atoms with van der Waals surface area (Å²) < 4.78 is 28.5. The molecular formula is C43H29NO9. The van der Waals surface area contributed by atoms with Gasteiger partial charge < -0.3 is 23.7 Å². The molecule has 0 aromatic heterocycles. The number of imide groups is 1. The summed E-state index contributed by atoms with van der Waals surface area (Å²) in [6.07, 6.45) is 0. The largest absolute Gasteiger partial charge is 0.454 e. The minimum atomic E-state index is -1.64. The van der Waals surface area contributed by atoms with Crippen molar-refractivity contribution < 1.29 is 42.9 Å². The van der Waals surface area contributed by atoms with Crippen LogP contribution >= 0.6 is 0 Å². The van der Waals surface area contributed by atoms with Crippen LogP contribution in [0.25, 0.3) is 11.1 Å². The second-order valence-corrected chi connectivity index (χ2v) is 13.6. The van der Waals surface area contributed by atoms with Crippen LogP contribution in [0.3, 0.4) is 0 Å². The Morgan fingerprint density at radius 1 is 0.604 bits per heavy atom. The molecule has 10 heteroatoms. The summed E-state index contributed by atoms with van der Waals surface area (Å²) in [5, 5.41) is 0. The van der Waals surface area contributed by atoms with Gasteiger partial charge in [-0.15, -0.1) is 0 Å². The summed E-state index contributed by atoms with van der Waals surface area (Å²) in [7, 11) is 0. The number of hydrogen-bond donors (Lipinski definition) is 0. The predicted octanol–water partition coefficient (Wildman–Crippen LogP) is 6.26. The fourth-order valence-corrected chi connectivity index (χ4v) is 9.33. The highest BCUT2D eigenvalue weighted by Crippen LogP contribution is 2.74. The molecule has 10 rings (SSSR count). The number of ketones is 1. The Bertz CT molecular complexity index is 2320. The quantitative estimate of drug-likeness (QED) is 0.115. The molecule has 53 heavy (non-hydrogen) atoms. The molecule has 0 unspecified atom stereocenters. The Labute approximate surface area is 303 Å². The van der Waals surface area contributed by atoms with Gasteiger partial charge in [-0.1, -0.05) is 78.9 Å². The fourth-order valence-electron chi connectivity index (χ4n) is 9.33. The Balaban J connectivity index is 1.33. The number of amides is 2. The van der Waals surface area contributed by atoms with E-state index in [1.165, 1.54) is 13.0 Å². The summed E-state index contributed by atoms with van der Waals surface area (Å²) in [5.74, 6) is -1.87. The highest BCUT2D eigenvalue weighted by molar-refractivity contribution is 6.39. The molecule has 5 aromatic carbocycles. The van der Waals surface area contributed by atoms with Crippen LogP contribution in [0, 0.1) is 11.8 Å². The number of carbonyl (C=O) groups excluding carboxylic acids is 4. The smallest absolute Gasteiger partial charge is 0.308 e. The molecule has 10 nitrogen and oxygen atoms in total. The van der Waals surface area contributed by atoms with Crippen LogP contribution in [-0.2, 0) is 30.0 Å². The Morgan fingerprint density at radius 2 is 1.09 bits per heavy atom. The third-order valence-corrected chi connectivity index (χ3v) is 11.1.